The largest absolute Gasteiger partial charge is 0.303 e. The Morgan fingerprint density at radius 3 is 3.11 bits per heavy atom. The van der Waals surface area contributed by atoms with E-state index in [2.05, 4.69) is 21.8 Å². The van der Waals surface area contributed by atoms with Gasteiger partial charge in [-0.3, -0.25) is 9.88 Å². The third-order valence-electron chi connectivity index (χ3n) is 4.59. The maximum Gasteiger partial charge on any atom is 0.0558 e. The van der Waals surface area contributed by atoms with Crippen molar-refractivity contribution in [3.05, 3.63) is 29.0 Å². The number of pyridine rings is 1. The molecule has 4 heteroatoms. The molecule has 1 aromatic heterocycles. The van der Waals surface area contributed by atoms with Crippen LogP contribution in [0.15, 0.2) is 18.3 Å². The average molecular weight is 280 g/mol. The highest BCUT2D eigenvalue weighted by Crippen LogP contribution is 2.30. The minimum Gasteiger partial charge on any atom is -0.303 e. The number of halogens is 1. The number of rotatable bonds is 2. The molecular formula is C15H22ClN3. The second-order valence-electron chi connectivity index (χ2n) is 5.94. The molecule has 0 N–H and O–H groups in total. The van der Waals surface area contributed by atoms with Gasteiger partial charge in [0.2, 0.25) is 0 Å². The van der Waals surface area contributed by atoms with Crippen molar-refractivity contribution >= 4 is 11.6 Å². The van der Waals surface area contributed by atoms with Crippen molar-refractivity contribution in [2.75, 3.05) is 26.7 Å². The molecule has 3 rings (SSSR count). The van der Waals surface area contributed by atoms with E-state index in [1.807, 2.05) is 12.1 Å². The molecule has 0 radical (unpaired) electrons. The Morgan fingerprint density at radius 2 is 2.26 bits per heavy atom. The molecule has 0 saturated carbocycles. The Kier molecular flexibility index (Phi) is 4.06. The van der Waals surface area contributed by atoms with Crippen molar-refractivity contribution in [1.82, 2.24) is 14.8 Å². The van der Waals surface area contributed by atoms with Crippen LogP contribution in [-0.4, -0.2) is 47.5 Å². The Balaban J connectivity index is 1.62. The SMILES string of the molecule is CN1CCCC2CN(Cc3cc(Cl)ccn3)CCC21. The summed E-state index contributed by atoms with van der Waals surface area (Å²) in [6.45, 7) is 4.60. The summed E-state index contributed by atoms with van der Waals surface area (Å²) in [6, 6.07) is 4.63. The lowest BCUT2D eigenvalue weighted by atomic mass is 9.84. The molecule has 2 fully saturated rings. The van der Waals surface area contributed by atoms with Gasteiger partial charge in [-0.2, -0.15) is 0 Å². The van der Waals surface area contributed by atoms with E-state index in [0.29, 0.717) is 0 Å². The summed E-state index contributed by atoms with van der Waals surface area (Å²) in [5.74, 6) is 0.840. The monoisotopic (exact) mass is 279 g/mol. The smallest absolute Gasteiger partial charge is 0.0558 e. The van der Waals surface area contributed by atoms with Crippen LogP contribution in [0.2, 0.25) is 5.02 Å². The van der Waals surface area contributed by atoms with Gasteiger partial charge < -0.3 is 4.90 Å². The number of likely N-dealkylation sites (tertiary alicyclic amines) is 2. The molecule has 3 nitrogen and oxygen atoms in total. The van der Waals surface area contributed by atoms with E-state index in [4.69, 9.17) is 11.6 Å². The first-order valence-electron chi connectivity index (χ1n) is 7.25. The summed E-state index contributed by atoms with van der Waals surface area (Å²) < 4.78 is 0. The molecule has 2 saturated heterocycles. The normalized spacial score (nSPS) is 29.2. The van der Waals surface area contributed by atoms with E-state index in [0.717, 1.165) is 29.2 Å². The number of fused-ring (bicyclic) bond motifs is 1. The van der Waals surface area contributed by atoms with Crippen LogP contribution in [0.5, 0.6) is 0 Å². The van der Waals surface area contributed by atoms with E-state index in [1.165, 1.54) is 38.9 Å². The Morgan fingerprint density at radius 1 is 1.37 bits per heavy atom. The van der Waals surface area contributed by atoms with Gasteiger partial charge in [-0.25, -0.2) is 0 Å². The highest BCUT2D eigenvalue weighted by Gasteiger charge is 2.34. The maximum atomic E-state index is 6.03. The van der Waals surface area contributed by atoms with Crippen LogP contribution in [0.25, 0.3) is 0 Å². The molecule has 0 aromatic carbocycles. The van der Waals surface area contributed by atoms with Crippen molar-refractivity contribution < 1.29 is 0 Å². The fraction of sp³-hybridized carbons (Fsp3) is 0.667. The maximum absolute atomic E-state index is 6.03. The van der Waals surface area contributed by atoms with Crippen LogP contribution in [0.3, 0.4) is 0 Å². The van der Waals surface area contributed by atoms with Crippen LogP contribution in [-0.2, 0) is 6.54 Å². The molecule has 1 aromatic rings. The van der Waals surface area contributed by atoms with Gasteiger partial charge in [0.05, 0.1) is 5.69 Å². The summed E-state index contributed by atoms with van der Waals surface area (Å²) in [7, 11) is 2.28. The first-order valence-corrected chi connectivity index (χ1v) is 7.63. The van der Waals surface area contributed by atoms with Crippen molar-refractivity contribution in [2.24, 2.45) is 5.92 Å². The average Bonchev–Trinajstić information content (AvgIpc) is 2.39. The molecular weight excluding hydrogens is 258 g/mol. The van der Waals surface area contributed by atoms with Gasteiger partial charge in [0.25, 0.3) is 0 Å². The van der Waals surface area contributed by atoms with E-state index in [9.17, 15) is 0 Å². The van der Waals surface area contributed by atoms with Crippen molar-refractivity contribution in [2.45, 2.75) is 31.8 Å². The predicted molar refractivity (Wildman–Crippen MR) is 78.3 cm³/mol. The van der Waals surface area contributed by atoms with Crippen LogP contribution in [0, 0.1) is 5.92 Å². The van der Waals surface area contributed by atoms with E-state index in [1.54, 1.807) is 6.20 Å². The molecule has 0 aliphatic carbocycles. The molecule has 0 bridgehead atoms. The fourth-order valence-electron chi connectivity index (χ4n) is 3.64. The second kappa shape index (κ2) is 5.78. The van der Waals surface area contributed by atoms with Crippen molar-refractivity contribution in [3.63, 3.8) is 0 Å². The van der Waals surface area contributed by atoms with Crippen molar-refractivity contribution in [1.29, 1.82) is 0 Å². The van der Waals surface area contributed by atoms with Gasteiger partial charge in [-0.05, 0) is 50.9 Å². The molecule has 2 aliphatic rings. The van der Waals surface area contributed by atoms with Crippen molar-refractivity contribution in [3.8, 4) is 0 Å². The molecule has 104 valence electrons. The van der Waals surface area contributed by atoms with Crippen LogP contribution in [0.1, 0.15) is 25.0 Å². The third-order valence-corrected chi connectivity index (χ3v) is 4.83. The third kappa shape index (κ3) is 3.10. The zero-order valence-corrected chi connectivity index (χ0v) is 12.3. The Labute approximate surface area is 120 Å². The molecule has 2 unspecified atom stereocenters. The lowest BCUT2D eigenvalue weighted by molar-refractivity contribution is 0.0350. The zero-order valence-electron chi connectivity index (χ0n) is 11.6. The Bertz CT molecular complexity index is 437. The summed E-state index contributed by atoms with van der Waals surface area (Å²) >= 11 is 6.03. The van der Waals surface area contributed by atoms with Crippen LogP contribution < -0.4 is 0 Å². The summed E-state index contributed by atoms with van der Waals surface area (Å²) in [5.41, 5.74) is 1.09. The van der Waals surface area contributed by atoms with Gasteiger partial charge in [0.15, 0.2) is 0 Å². The summed E-state index contributed by atoms with van der Waals surface area (Å²) in [4.78, 5) is 9.52. The minimum absolute atomic E-state index is 0.789. The standard InChI is InChI=1S/C15H22ClN3/c1-18-7-2-3-12-10-19(8-5-15(12)18)11-14-9-13(16)4-6-17-14/h4,6,9,12,15H,2-3,5,7-8,10-11H2,1H3. The molecule has 2 atom stereocenters. The molecule has 0 spiro atoms. The molecule has 2 aliphatic heterocycles. The lowest BCUT2D eigenvalue weighted by Gasteiger charge is -2.45. The molecule has 19 heavy (non-hydrogen) atoms. The summed E-state index contributed by atoms with van der Waals surface area (Å²) in [6.07, 6.45) is 5.83. The second-order valence-corrected chi connectivity index (χ2v) is 6.38. The van der Waals surface area contributed by atoms with Crippen LogP contribution in [0.4, 0.5) is 0 Å². The first kappa shape index (κ1) is 13.3. The van der Waals surface area contributed by atoms with Gasteiger partial charge in [-0.15, -0.1) is 0 Å². The predicted octanol–water partition coefficient (Wildman–Crippen LogP) is 2.65. The first-order chi connectivity index (χ1) is 9.22. The zero-order chi connectivity index (χ0) is 13.2. The van der Waals surface area contributed by atoms with Gasteiger partial charge in [0, 0.05) is 36.9 Å². The van der Waals surface area contributed by atoms with E-state index >= 15 is 0 Å². The van der Waals surface area contributed by atoms with E-state index in [-0.39, 0.29) is 0 Å². The fourth-order valence-corrected chi connectivity index (χ4v) is 3.82. The minimum atomic E-state index is 0.789. The lowest BCUT2D eigenvalue weighted by Crippen LogP contribution is -2.52. The van der Waals surface area contributed by atoms with Crippen LogP contribution >= 0.6 is 11.6 Å². The number of hydrogen-bond acceptors (Lipinski definition) is 3. The topological polar surface area (TPSA) is 19.4 Å². The molecule has 3 heterocycles. The molecule has 0 amide bonds. The highest BCUT2D eigenvalue weighted by atomic mass is 35.5. The van der Waals surface area contributed by atoms with E-state index < -0.39 is 0 Å². The van der Waals surface area contributed by atoms with Gasteiger partial charge in [0.1, 0.15) is 0 Å². The number of piperidine rings is 2. The summed E-state index contributed by atoms with van der Waals surface area (Å²) in [5, 5.41) is 0.789. The highest BCUT2D eigenvalue weighted by molar-refractivity contribution is 6.30. The Hall–Kier alpha value is -0.640. The number of hydrogen-bond donors (Lipinski definition) is 0. The quantitative estimate of drug-likeness (QED) is 0.830. The number of aromatic nitrogens is 1. The van der Waals surface area contributed by atoms with Gasteiger partial charge in [-0.1, -0.05) is 11.6 Å². The van der Waals surface area contributed by atoms with Gasteiger partial charge >= 0.3 is 0 Å². The number of nitrogens with zero attached hydrogens (tertiary/aromatic N) is 3.